The van der Waals surface area contributed by atoms with Gasteiger partial charge in [0.1, 0.15) is 11.6 Å². The number of aromatic nitrogens is 2. The van der Waals surface area contributed by atoms with Gasteiger partial charge >= 0.3 is 0 Å². The van der Waals surface area contributed by atoms with Crippen molar-refractivity contribution in [1.29, 1.82) is 0 Å². The Bertz CT molecular complexity index is 502. The number of imidazole rings is 1. The van der Waals surface area contributed by atoms with E-state index in [1.165, 1.54) is 12.1 Å². The maximum Gasteiger partial charge on any atom is 0.126 e. The van der Waals surface area contributed by atoms with Gasteiger partial charge < -0.3 is 9.88 Å². The maximum absolute atomic E-state index is 12.9. The van der Waals surface area contributed by atoms with Crippen LogP contribution < -0.4 is 5.32 Å². The summed E-state index contributed by atoms with van der Waals surface area (Å²) in [4.78, 5) is 4.01. The van der Waals surface area contributed by atoms with Gasteiger partial charge in [0.25, 0.3) is 0 Å². The third kappa shape index (κ3) is 3.37. The van der Waals surface area contributed by atoms with Crippen LogP contribution in [0.25, 0.3) is 0 Å². The molecule has 0 unspecified atom stereocenters. The largest absolute Gasteiger partial charge is 0.337 e. The number of hydrogen-bond acceptors (Lipinski definition) is 2. The molecule has 0 aliphatic heterocycles. The van der Waals surface area contributed by atoms with E-state index in [4.69, 9.17) is 0 Å². The van der Waals surface area contributed by atoms with Crippen LogP contribution in [0.2, 0.25) is 0 Å². The molecule has 0 atom stereocenters. The van der Waals surface area contributed by atoms with E-state index in [2.05, 4.69) is 10.3 Å². The number of hydrogen-bond donors (Lipinski definition) is 1. The summed E-state index contributed by atoms with van der Waals surface area (Å²) in [5.74, 6) is -1.06. The van der Waals surface area contributed by atoms with E-state index >= 15 is 0 Å². The molecule has 0 saturated heterocycles. The predicted molar refractivity (Wildman–Crippen MR) is 65.0 cm³/mol. The Morgan fingerprint density at radius 3 is 2.56 bits per heavy atom. The molecule has 0 amide bonds. The second kappa shape index (κ2) is 5.73. The molecule has 2 rings (SSSR count). The molecular weight excluding hydrogens is 236 g/mol. The van der Waals surface area contributed by atoms with Crippen molar-refractivity contribution in [2.45, 2.75) is 13.0 Å². The normalized spacial score (nSPS) is 10.8. The second-order valence-corrected chi connectivity index (χ2v) is 4.20. The molecule has 0 spiro atoms. The molecule has 0 bridgehead atoms. The second-order valence-electron chi connectivity index (χ2n) is 4.20. The topological polar surface area (TPSA) is 29.9 Å². The highest BCUT2D eigenvalue weighted by atomic mass is 19.1. The van der Waals surface area contributed by atoms with Crippen molar-refractivity contribution in [1.82, 2.24) is 14.9 Å². The van der Waals surface area contributed by atoms with Crippen LogP contribution in [0.3, 0.4) is 0 Å². The Labute approximate surface area is 104 Å². The van der Waals surface area contributed by atoms with Crippen LogP contribution in [0.5, 0.6) is 0 Å². The molecule has 0 saturated carbocycles. The average Bonchev–Trinajstić information content (AvgIpc) is 2.69. The third-order valence-corrected chi connectivity index (χ3v) is 2.74. The van der Waals surface area contributed by atoms with E-state index in [1.807, 2.05) is 11.6 Å². The van der Waals surface area contributed by atoms with Crippen molar-refractivity contribution in [2.24, 2.45) is 7.05 Å². The zero-order chi connectivity index (χ0) is 13.0. The average molecular weight is 251 g/mol. The Morgan fingerprint density at radius 1 is 1.22 bits per heavy atom. The van der Waals surface area contributed by atoms with Crippen molar-refractivity contribution >= 4 is 0 Å². The number of nitrogens with one attached hydrogen (secondary N) is 1. The van der Waals surface area contributed by atoms with E-state index < -0.39 is 11.6 Å². The van der Waals surface area contributed by atoms with Crippen LogP contribution in [-0.4, -0.2) is 16.1 Å². The fourth-order valence-electron chi connectivity index (χ4n) is 1.76. The Hall–Kier alpha value is -1.75. The minimum absolute atomic E-state index is 0.531. The number of benzene rings is 1. The van der Waals surface area contributed by atoms with Gasteiger partial charge in [-0.3, -0.25) is 0 Å². The number of aryl methyl sites for hydroxylation is 1. The first-order chi connectivity index (χ1) is 8.65. The fraction of sp³-hybridized carbons (Fsp3) is 0.308. The molecule has 0 aliphatic rings. The molecule has 0 aliphatic carbocycles. The zero-order valence-corrected chi connectivity index (χ0v) is 10.2. The van der Waals surface area contributed by atoms with Gasteiger partial charge in [0, 0.05) is 25.9 Å². The van der Waals surface area contributed by atoms with E-state index in [-0.39, 0.29) is 0 Å². The lowest BCUT2D eigenvalue weighted by molar-refractivity contribution is 0.577. The van der Waals surface area contributed by atoms with Crippen LogP contribution in [0.1, 0.15) is 11.3 Å². The van der Waals surface area contributed by atoms with Gasteiger partial charge in [0.2, 0.25) is 0 Å². The molecule has 0 radical (unpaired) electrons. The zero-order valence-electron chi connectivity index (χ0n) is 10.2. The highest BCUT2D eigenvalue weighted by Crippen LogP contribution is 2.08. The highest BCUT2D eigenvalue weighted by molar-refractivity contribution is 5.18. The van der Waals surface area contributed by atoms with Crippen molar-refractivity contribution in [3.8, 4) is 0 Å². The van der Waals surface area contributed by atoms with Crippen molar-refractivity contribution < 1.29 is 8.78 Å². The minimum atomic E-state index is -0.531. The Kier molecular flexibility index (Phi) is 4.04. The molecule has 1 aromatic carbocycles. The monoisotopic (exact) mass is 251 g/mol. The van der Waals surface area contributed by atoms with Gasteiger partial charge in [-0.25, -0.2) is 13.8 Å². The van der Waals surface area contributed by atoms with E-state index in [0.29, 0.717) is 25.1 Å². The van der Waals surface area contributed by atoms with Gasteiger partial charge in [-0.2, -0.15) is 0 Å². The summed E-state index contributed by atoms with van der Waals surface area (Å²) in [6.07, 6.45) is 4.11. The lowest BCUT2D eigenvalue weighted by atomic mass is 10.1. The molecular formula is C13H15F2N3. The summed E-state index contributed by atoms with van der Waals surface area (Å²) in [5, 5.41) is 3.21. The van der Waals surface area contributed by atoms with Gasteiger partial charge in [-0.05, 0) is 30.7 Å². The predicted octanol–water partition coefficient (Wildman–Crippen LogP) is 2.03. The number of nitrogens with zero attached hydrogens (tertiary/aromatic N) is 2. The highest BCUT2D eigenvalue weighted by Gasteiger charge is 2.01. The Morgan fingerprint density at radius 2 is 1.94 bits per heavy atom. The summed E-state index contributed by atoms with van der Waals surface area (Å²) in [7, 11) is 1.92. The smallest absolute Gasteiger partial charge is 0.126 e. The summed E-state index contributed by atoms with van der Waals surface area (Å²) in [5.41, 5.74) is 1.73. The lowest BCUT2D eigenvalue weighted by Gasteiger charge is -2.06. The number of halogens is 2. The van der Waals surface area contributed by atoms with Crippen LogP contribution in [0.15, 0.2) is 30.7 Å². The quantitative estimate of drug-likeness (QED) is 0.824. The lowest BCUT2D eigenvalue weighted by Crippen LogP contribution is -2.18. The number of rotatable bonds is 5. The molecule has 2 aromatic rings. The molecule has 3 nitrogen and oxygen atoms in total. The van der Waals surface area contributed by atoms with Crippen LogP contribution >= 0.6 is 0 Å². The van der Waals surface area contributed by atoms with E-state index in [1.54, 1.807) is 12.5 Å². The van der Waals surface area contributed by atoms with Gasteiger partial charge in [-0.1, -0.05) is 0 Å². The molecule has 96 valence electrons. The first-order valence-electron chi connectivity index (χ1n) is 5.76. The first kappa shape index (κ1) is 12.7. The minimum Gasteiger partial charge on any atom is -0.337 e. The molecule has 1 heterocycles. The molecule has 18 heavy (non-hydrogen) atoms. The van der Waals surface area contributed by atoms with Crippen LogP contribution in [-0.2, 0) is 20.0 Å². The summed E-state index contributed by atoms with van der Waals surface area (Å²) >= 11 is 0. The molecule has 1 N–H and O–H groups in total. The molecule has 0 fully saturated rings. The molecule has 5 heteroatoms. The van der Waals surface area contributed by atoms with Crippen LogP contribution in [0.4, 0.5) is 8.78 Å². The SMILES string of the molecule is Cn1cncc1CNCCc1cc(F)cc(F)c1. The standard InChI is InChI=1S/C13H15F2N3/c1-18-9-17-8-13(18)7-16-3-2-10-4-11(14)6-12(15)5-10/h4-6,8-9,16H,2-3,7H2,1H3. The van der Waals surface area contributed by atoms with Crippen molar-refractivity contribution in [2.75, 3.05) is 6.54 Å². The van der Waals surface area contributed by atoms with Crippen molar-refractivity contribution in [3.05, 3.63) is 53.6 Å². The third-order valence-electron chi connectivity index (χ3n) is 2.74. The summed E-state index contributed by atoms with van der Waals surface area (Å²) < 4.78 is 27.8. The Balaban J connectivity index is 1.80. The van der Waals surface area contributed by atoms with Gasteiger partial charge in [0.05, 0.1) is 12.0 Å². The summed E-state index contributed by atoms with van der Waals surface area (Å²) in [6, 6.07) is 3.59. The summed E-state index contributed by atoms with van der Waals surface area (Å²) in [6.45, 7) is 1.35. The van der Waals surface area contributed by atoms with E-state index in [9.17, 15) is 8.78 Å². The van der Waals surface area contributed by atoms with Gasteiger partial charge in [-0.15, -0.1) is 0 Å². The maximum atomic E-state index is 12.9. The van der Waals surface area contributed by atoms with Crippen molar-refractivity contribution in [3.63, 3.8) is 0 Å². The van der Waals surface area contributed by atoms with E-state index in [0.717, 1.165) is 11.8 Å². The first-order valence-corrected chi connectivity index (χ1v) is 5.76. The van der Waals surface area contributed by atoms with Gasteiger partial charge in [0.15, 0.2) is 0 Å². The molecule has 1 aromatic heterocycles. The fourth-order valence-corrected chi connectivity index (χ4v) is 1.76. The van der Waals surface area contributed by atoms with Crippen LogP contribution in [0, 0.1) is 11.6 Å².